The standard InChI is InChI=1S/C23H23F3N4O2/c1-15-21(29-32-28-15)12-22(31)30-9-3-5-18(14-30)20-8-7-17(13-27-20)10-16-4-2-6-19(11-16)23(24,25)26/h2,4,6-8,11,13,18H,3,5,9-10,12,14H2,1H3/t18-/m1/s1. The lowest BCUT2D eigenvalue weighted by molar-refractivity contribution is -0.137. The number of nitrogens with zero attached hydrogens (tertiary/aromatic N) is 4. The molecule has 1 atom stereocenters. The molecule has 3 heterocycles. The molecule has 0 spiro atoms. The third kappa shape index (κ3) is 5.15. The van der Waals surface area contributed by atoms with Gasteiger partial charge in [0.25, 0.3) is 0 Å². The van der Waals surface area contributed by atoms with Crippen molar-refractivity contribution in [3.63, 3.8) is 0 Å². The molecular formula is C23H23F3N4O2. The van der Waals surface area contributed by atoms with E-state index in [0.29, 0.717) is 36.5 Å². The summed E-state index contributed by atoms with van der Waals surface area (Å²) in [6.07, 6.45) is -0.316. The second kappa shape index (κ2) is 9.10. The van der Waals surface area contributed by atoms with Crippen molar-refractivity contribution in [3.8, 4) is 0 Å². The predicted molar refractivity (Wildman–Crippen MR) is 110 cm³/mol. The average molecular weight is 444 g/mol. The summed E-state index contributed by atoms with van der Waals surface area (Å²) in [5.74, 6) is 0.0986. The fourth-order valence-electron chi connectivity index (χ4n) is 3.99. The van der Waals surface area contributed by atoms with Gasteiger partial charge in [-0.15, -0.1) is 0 Å². The minimum Gasteiger partial charge on any atom is -0.342 e. The summed E-state index contributed by atoms with van der Waals surface area (Å²) >= 11 is 0. The first-order valence-corrected chi connectivity index (χ1v) is 10.5. The Kier molecular flexibility index (Phi) is 6.25. The van der Waals surface area contributed by atoms with Gasteiger partial charge < -0.3 is 4.90 Å². The van der Waals surface area contributed by atoms with E-state index < -0.39 is 11.7 Å². The van der Waals surface area contributed by atoms with Gasteiger partial charge >= 0.3 is 6.18 Å². The molecule has 9 heteroatoms. The number of likely N-dealkylation sites (tertiary alicyclic amines) is 1. The van der Waals surface area contributed by atoms with Crippen LogP contribution in [0.2, 0.25) is 0 Å². The highest BCUT2D eigenvalue weighted by Gasteiger charge is 2.30. The molecule has 32 heavy (non-hydrogen) atoms. The third-order valence-corrected chi connectivity index (χ3v) is 5.77. The van der Waals surface area contributed by atoms with Gasteiger partial charge in [-0.2, -0.15) is 13.2 Å². The van der Waals surface area contributed by atoms with Crippen molar-refractivity contribution < 1.29 is 22.6 Å². The number of piperidine rings is 1. The molecule has 1 aliphatic rings. The molecule has 1 aromatic carbocycles. The summed E-state index contributed by atoms with van der Waals surface area (Å²) in [6, 6.07) is 9.15. The van der Waals surface area contributed by atoms with Crippen molar-refractivity contribution in [2.45, 2.75) is 44.7 Å². The van der Waals surface area contributed by atoms with E-state index in [1.165, 1.54) is 12.1 Å². The van der Waals surface area contributed by atoms with Crippen LogP contribution in [-0.2, 0) is 23.8 Å². The van der Waals surface area contributed by atoms with Crippen LogP contribution in [0.5, 0.6) is 0 Å². The van der Waals surface area contributed by atoms with Crippen LogP contribution in [-0.4, -0.2) is 39.2 Å². The first-order valence-electron chi connectivity index (χ1n) is 10.5. The number of halogens is 3. The zero-order valence-electron chi connectivity index (χ0n) is 17.6. The lowest BCUT2D eigenvalue weighted by Gasteiger charge is -2.32. The van der Waals surface area contributed by atoms with E-state index in [-0.39, 0.29) is 18.2 Å². The molecule has 0 saturated carbocycles. The number of aryl methyl sites for hydroxylation is 1. The van der Waals surface area contributed by atoms with Crippen molar-refractivity contribution in [1.29, 1.82) is 0 Å². The number of pyridine rings is 1. The van der Waals surface area contributed by atoms with Crippen molar-refractivity contribution in [3.05, 3.63) is 76.4 Å². The number of rotatable bonds is 5. The van der Waals surface area contributed by atoms with Gasteiger partial charge in [0.15, 0.2) is 0 Å². The van der Waals surface area contributed by atoms with Gasteiger partial charge in [-0.05, 0) is 49.4 Å². The molecule has 0 bridgehead atoms. The Morgan fingerprint density at radius 1 is 1.19 bits per heavy atom. The minimum atomic E-state index is -4.36. The Hall–Kier alpha value is -3.23. The van der Waals surface area contributed by atoms with Gasteiger partial charge in [0.05, 0.1) is 12.0 Å². The number of benzene rings is 1. The number of carbonyl (C=O) groups excluding carboxylic acids is 1. The van der Waals surface area contributed by atoms with E-state index in [0.717, 1.165) is 30.2 Å². The van der Waals surface area contributed by atoms with Gasteiger partial charge in [-0.3, -0.25) is 9.78 Å². The van der Waals surface area contributed by atoms with Crippen LogP contribution in [0.4, 0.5) is 13.2 Å². The molecule has 3 aromatic rings. The van der Waals surface area contributed by atoms with Crippen LogP contribution in [0, 0.1) is 6.92 Å². The van der Waals surface area contributed by atoms with Crippen LogP contribution in [0.25, 0.3) is 0 Å². The Morgan fingerprint density at radius 2 is 2.03 bits per heavy atom. The highest BCUT2D eigenvalue weighted by Crippen LogP contribution is 2.30. The fraction of sp³-hybridized carbons (Fsp3) is 0.391. The Morgan fingerprint density at radius 3 is 2.72 bits per heavy atom. The van der Waals surface area contributed by atoms with E-state index in [9.17, 15) is 18.0 Å². The molecule has 0 unspecified atom stereocenters. The van der Waals surface area contributed by atoms with Crippen molar-refractivity contribution in [1.82, 2.24) is 20.2 Å². The fourth-order valence-corrected chi connectivity index (χ4v) is 3.99. The summed E-state index contributed by atoms with van der Waals surface area (Å²) in [5, 5.41) is 7.49. The summed E-state index contributed by atoms with van der Waals surface area (Å²) in [4.78, 5) is 19.0. The normalized spacial score (nSPS) is 16.9. The maximum absolute atomic E-state index is 12.9. The zero-order chi connectivity index (χ0) is 22.7. The highest BCUT2D eigenvalue weighted by molar-refractivity contribution is 5.78. The quantitative estimate of drug-likeness (QED) is 0.586. The molecule has 168 valence electrons. The number of hydrogen-bond donors (Lipinski definition) is 0. The number of amides is 1. The maximum Gasteiger partial charge on any atom is 0.416 e. The van der Waals surface area contributed by atoms with E-state index in [2.05, 4.69) is 19.9 Å². The van der Waals surface area contributed by atoms with Gasteiger partial charge in [0.2, 0.25) is 5.91 Å². The van der Waals surface area contributed by atoms with Crippen LogP contribution >= 0.6 is 0 Å². The largest absolute Gasteiger partial charge is 0.416 e. The number of alkyl halides is 3. The first kappa shape index (κ1) is 22.0. The monoisotopic (exact) mass is 444 g/mol. The summed E-state index contributed by atoms with van der Waals surface area (Å²) in [5.41, 5.74) is 2.82. The highest BCUT2D eigenvalue weighted by atomic mass is 19.4. The number of hydrogen-bond acceptors (Lipinski definition) is 5. The lowest BCUT2D eigenvalue weighted by Crippen LogP contribution is -2.40. The molecule has 0 radical (unpaired) electrons. The molecule has 6 nitrogen and oxygen atoms in total. The van der Waals surface area contributed by atoms with Gasteiger partial charge in [-0.25, -0.2) is 4.63 Å². The second-order valence-corrected chi connectivity index (χ2v) is 8.12. The lowest BCUT2D eigenvalue weighted by atomic mass is 9.93. The second-order valence-electron chi connectivity index (χ2n) is 8.12. The van der Waals surface area contributed by atoms with E-state index in [1.54, 1.807) is 19.2 Å². The molecular weight excluding hydrogens is 421 g/mol. The van der Waals surface area contributed by atoms with Crippen LogP contribution in [0.1, 0.15) is 52.5 Å². The smallest absolute Gasteiger partial charge is 0.342 e. The summed E-state index contributed by atoms with van der Waals surface area (Å²) in [7, 11) is 0. The molecule has 4 rings (SSSR count). The van der Waals surface area contributed by atoms with Gasteiger partial charge in [0, 0.05) is 30.9 Å². The molecule has 1 fully saturated rings. The number of carbonyl (C=O) groups is 1. The molecule has 1 saturated heterocycles. The van der Waals surface area contributed by atoms with E-state index in [1.807, 2.05) is 17.0 Å². The van der Waals surface area contributed by atoms with Crippen molar-refractivity contribution >= 4 is 5.91 Å². The van der Waals surface area contributed by atoms with Crippen LogP contribution < -0.4 is 0 Å². The Bertz CT molecular complexity index is 1080. The van der Waals surface area contributed by atoms with Gasteiger partial charge in [-0.1, -0.05) is 34.6 Å². The molecule has 2 aromatic heterocycles. The van der Waals surface area contributed by atoms with E-state index in [4.69, 9.17) is 0 Å². The van der Waals surface area contributed by atoms with Crippen molar-refractivity contribution in [2.24, 2.45) is 0 Å². The summed E-state index contributed by atoms with van der Waals surface area (Å²) in [6.45, 7) is 3.01. The molecule has 1 aliphatic heterocycles. The molecule has 0 aliphatic carbocycles. The average Bonchev–Trinajstić information content (AvgIpc) is 3.18. The minimum absolute atomic E-state index is 0.0188. The zero-order valence-corrected chi connectivity index (χ0v) is 17.6. The summed E-state index contributed by atoms with van der Waals surface area (Å²) < 4.78 is 43.4. The molecule has 1 amide bonds. The topological polar surface area (TPSA) is 72.1 Å². The predicted octanol–water partition coefficient (Wildman–Crippen LogP) is 4.33. The molecule has 0 N–H and O–H groups in total. The maximum atomic E-state index is 12.9. The van der Waals surface area contributed by atoms with Crippen molar-refractivity contribution in [2.75, 3.05) is 13.1 Å². The van der Waals surface area contributed by atoms with Crippen LogP contribution in [0.15, 0.2) is 47.2 Å². The SMILES string of the molecule is Cc1nonc1CC(=O)N1CCC[C@@H](c2ccc(Cc3cccc(C(F)(F)F)c3)cn2)C1. The third-order valence-electron chi connectivity index (χ3n) is 5.77. The first-order chi connectivity index (χ1) is 15.3. The van der Waals surface area contributed by atoms with Crippen LogP contribution in [0.3, 0.4) is 0 Å². The Balaban J connectivity index is 1.39. The van der Waals surface area contributed by atoms with Gasteiger partial charge in [0.1, 0.15) is 11.4 Å². The Labute approximate surface area is 183 Å². The number of aromatic nitrogens is 3. The van der Waals surface area contributed by atoms with E-state index >= 15 is 0 Å².